The molecule has 51 heavy (non-hydrogen) atoms. The van der Waals surface area contributed by atoms with E-state index in [0.717, 1.165) is 25.7 Å². The number of allylic oxidation sites excluding steroid dienone is 12. The molecule has 0 aromatic heterocycles. The maximum atomic E-state index is 2.46. The van der Waals surface area contributed by atoms with Gasteiger partial charge in [0.05, 0.1) is 0 Å². The first-order valence-corrected chi connectivity index (χ1v) is 20.0. The lowest BCUT2D eigenvalue weighted by atomic mass is 9.81. The summed E-state index contributed by atoms with van der Waals surface area (Å²) in [6.07, 6.45) is 21.2. The third-order valence-corrected chi connectivity index (χ3v) is 11.3. The van der Waals surface area contributed by atoms with Crippen LogP contribution in [0, 0.1) is 13.8 Å². The number of nitrogens with zero attached hydrogens (tertiary/aromatic N) is 2. The van der Waals surface area contributed by atoms with E-state index in [1.54, 1.807) is 0 Å². The lowest BCUT2D eigenvalue weighted by molar-refractivity contribution is 0.805. The normalized spacial score (nSPS) is 16.8. The molecule has 0 fully saturated rings. The monoisotopic (exact) mass is 696 g/mol. The predicted molar refractivity (Wildman–Crippen MR) is 230 cm³/mol. The van der Waals surface area contributed by atoms with E-state index in [2.05, 4.69) is 171 Å². The van der Waals surface area contributed by atoms with Crippen LogP contribution in [-0.2, 0) is 6.42 Å². The van der Waals surface area contributed by atoms with Gasteiger partial charge in [-0.15, -0.1) is 11.8 Å². The van der Waals surface area contributed by atoms with E-state index in [9.17, 15) is 0 Å². The molecule has 0 bridgehead atoms. The van der Waals surface area contributed by atoms with Crippen LogP contribution in [0.5, 0.6) is 0 Å². The van der Waals surface area contributed by atoms with Crippen LogP contribution < -0.4 is 9.80 Å². The molecule has 0 aliphatic heterocycles. The average Bonchev–Trinajstić information content (AvgIpc) is 3.10. The van der Waals surface area contributed by atoms with Gasteiger partial charge in [-0.3, -0.25) is 0 Å². The molecule has 3 aromatic rings. The summed E-state index contributed by atoms with van der Waals surface area (Å²) in [5.74, 6) is 1.62. The summed E-state index contributed by atoms with van der Waals surface area (Å²) < 4.78 is 0. The topological polar surface area (TPSA) is 6.48 Å². The average molecular weight is 697 g/mol. The van der Waals surface area contributed by atoms with Gasteiger partial charge in [-0.1, -0.05) is 99.0 Å². The van der Waals surface area contributed by atoms with E-state index < -0.39 is 0 Å². The highest BCUT2D eigenvalue weighted by Crippen LogP contribution is 2.41. The van der Waals surface area contributed by atoms with Crippen molar-refractivity contribution in [1.29, 1.82) is 0 Å². The van der Waals surface area contributed by atoms with Crippen LogP contribution in [0.15, 0.2) is 107 Å². The molecule has 0 heterocycles. The van der Waals surface area contributed by atoms with Crippen molar-refractivity contribution in [3.05, 3.63) is 146 Å². The largest absolute Gasteiger partial charge is 0.378 e. The van der Waals surface area contributed by atoms with Crippen molar-refractivity contribution in [1.82, 2.24) is 0 Å². The van der Waals surface area contributed by atoms with Crippen molar-refractivity contribution in [2.24, 2.45) is 0 Å². The minimum absolute atomic E-state index is 0.435. The number of thioether (sulfide) groups is 1. The summed E-state index contributed by atoms with van der Waals surface area (Å²) in [6, 6.07) is 21.0. The number of rotatable bonds is 12. The minimum atomic E-state index is 0.435. The molecule has 0 unspecified atom stereocenters. The first-order valence-electron chi connectivity index (χ1n) is 19.0. The molecular weight excluding hydrogens is 637 g/mol. The lowest BCUT2D eigenvalue weighted by Gasteiger charge is -2.24. The van der Waals surface area contributed by atoms with Crippen molar-refractivity contribution in [3.8, 4) is 0 Å². The van der Waals surface area contributed by atoms with E-state index >= 15 is 0 Å². The van der Waals surface area contributed by atoms with Crippen LogP contribution in [0.3, 0.4) is 0 Å². The molecule has 0 saturated heterocycles. The lowest BCUT2D eigenvalue weighted by Crippen LogP contribution is -2.10. The van der Waals surface area contributed by atoms with Crippen LogP contribution in [0.1, 0.15) is 105 Å². The standard InChI is InChI=1S/C48H60N2S/c1-11-13-25-51-44-30-39(45-23-21-42(49(7)8)29-40(45)31-44)20-19-38-16-14-15-37(48(38)41-27-34(5)26-35(6)28-41)18-17-36(12-2)46-24-22-43(50(9)10)32-47(46)33(3)4/h12,17-24,26-30,32-33H,11,13-16,25,31H2,1-10H3/b18-17+,36-12-,38-19+,39-20+. The summed E-state index contributed by atoms with van der Waals surface area (Å²) in [5, 5.41) is 0. The van der Waals surface area contributed by atoms with Gasteiger partial charge in [-0.25, -0.2) is 0 Å². The molecular formula is C48H60N2S. The zero-order valence-electron chi connectivity index (χ0n) is 33.0. The highest BCUT2D eigenvalue weighted by molar-refractivity contribution is 8.03. The van der Waals surface area contributed by atoms with Gasteiger partial charge in [0.1, 0.15) is 0 Å². The van der Waals surface area contributed by atoms with Gasteiger partial charge in [-0.2, -0.15) is 0 Å². The quantitative estimate of drug-likeness (QED) is 0.137. The third kappa shape index (κ3) is 9.49. The summed E-state index contributed by atoms with van der Waals surface area (Å²) in [5.41, 5.74) is 18.9. The molecule has 3 aromatic carbocycles. The van der Waals surface area contributed by atoms with Gasteiger partial charge >= 0.3 is 0 Å². The van der Waals surface area contributed by atoms with E-state index in [4.69, 9.17) is 0 Å². The molecule has 0 amide bonds. The summed E-state index contributed by atoms with van der Waals surface area (Å²) in [6.45, 7) is 13.5. The maximum absolute atomic E-state index is 2.46. The Morgan fingerprint density at radius 1 is 0.863 bits per heavy atom. The molecule has 2 aliphatic rings. The van der Waals surface area contributed by atoms with E-state index in [1.807, 2.05) is 11.8 Å². The van der Waals surface area contributed by atoms with Crippen LogP contribution in [-0.4, -0.2) is 33.9 Å². The van der Waals surface area contributed by atoms with Gasteiger partial charge in [-0.05, 0) is 149 Å². The van der Waals surface area contributed by atoms with Gasteiger partial charge < -0.3 is 9.80 Å². The number of benzene rings is 3. The molecule has 2 nitrogen and oxygen atoms in total. The number of anilines is 2. The Hall–Kier alpha value is -3.95. The van der Waals surface area contributed by atoms with Crippen molar-refractivity contribution in [2.45, 2.75) is 86.0 Å². The van der Waals surface area contributed by atoms with Crippen LogP contribution in [0.4, 0.5) is 11.4 Å². The smallest absolute Gasteiger partial charge is 0.0364 e. The maximum Gasteiger partial charge on any atom is 0.0364 e. The molecule has 0 saturated carbocycles. The Morgan fingerprint density at radius 2 is 1.57 bits per heavy atom. The first kappa shape index (κ1) is 38.3. The van der Waals surface area contributed by atoms with E-state index in [-0.39, 0.29) is 0 Å². The Balaban J connectivity index is 1.62. The summed E-state index contributed by atoms with van der Waals surface area (Å²) >= 11 is 2.04. The third-order valence-electron chi connectivity index (χ3n) is 10.2. The Labute approximate surface area is 314 Å². The second-order valence-corrected chi connectivity index (χ2v) is 16.3. The number of unbranched alkanes of at least 4 members (excludes halogenated alkanes) is 1. The predicted octanol–water partition coefficient (Wildman–Crippen LogP) is 13.1. The molecule has 2 aliphatic carbocycles. The van der Waals surface area contributed by atoms with Crippen LogP contribution >= 0.6 is 11.8 Å². The van der Waals surface area contributed by atoms with Crippen molar-refractivity contribution in [2.75, 3.05) is 43.7 Å². The fourth-order valence-corrected chi connectivity index (χ4v) is 8.56. The number of aryl methyl sites for hydroxylation is 2. The second-order valence-electron chi connectivity index (χ2n) is 15.1. The Morgan fingerprint density at radius 3 is 2.24 bits per heavy atom. The van der Waals surface area contributed by atoms with Gasteiger partial charge in [0.15, 0.2) is 0 Å². The molecule has 268 valence electrons. The first-order chi connectivity index (χ1) is 24.5. The highest BCUT2D eigenvalue weighted by atomic mass is 32.2. The fourth-order valence-electron chi connectivity index (χ4n) is 7.39. The summed E-state index contributed by atoms with van der Waals surface area (Å²) in [7, 11) is 8.52. The zero-order chi connectivity index (χ0) is 36.7. The van der Waals surface area contributed by atoms with Crippen LogP contribution in [0.25, 0.3) is 16.7 Å². The zero-order valence-corrected chi connectivity index (χ0v) is 33.8. The highest BCUT2D eigenvalue weighted by Gasteiger charge is 2.20. The number of hydrogen-bond acceptors (Lipinski definition) is 3. The second kappa shape index (κ2) is 17.5. The van der Waals surface area contributed by atoms with Gasteiger partial charge in [0.25, 0.3) is 0 Å². The van der Waals surface area contributed by atoms with Crippen molar-refractivity contribution in [3.63, 3.8) is 0 Å². The number of fused-ring (bicyclic) bond motifs is 1. The number of hydrogen-bond donors (Lipinski definition) is 0. The van der Waals surface area contributed by atoms with Crippen molar-refractivity contribution < 1.29 is 0 Å². The Kier molecular flexibility index (Phi) is 13.1. The summed E-state index contributed by atoms with van der Waals surface area (Å²) in [4.78, 5) is 5.89. The van der Waals surface area contributed by atoms with Crippen molar-refractivity contribution >= 4 is 39.9 Å². The molecule has 0 spiro atoms. The molecule has 0 N–H and O–H groups in total. The SMILES string of the molecule is C/C=C(/C=C/C1=C(c2cc(C)cc(C)c2)C(=C/C=C2\C=C(SCCCC)Cc3cc(N(C)C)ccc32)/CCC1)c1ccc(N(C)C)cc1C(C)C. The minimum Gasteiger partial charge on any atom is -0.378 e. The molecule has 0 atom stereocenters. The Bertz CT molecular complexity index is 1890. The van der Waals surface area contributed by atoms with Crippen LogP contribution in [0.2, 0.25) is 0 Å². The molecule has 0 radical (unpaired) electrons. The van der Waals surface area contributed by atoms with Gasteiger partial charge in [0, 0.05) is 46.0 Å². The van der Waals surface area contributed by atoms with E-state index in [0.29, 0.717) is 5.92 Å². The van der Waals surface area contributed by atoms with E-state index in [1.165, 1.54) is 102 Å². The fraction of sp³-hybridized carbons (Fsp3) is 0.375. The molecule has 3 heteroatoms. The molecule has 5 rings (SSSR count). The van der Waals surface area contributed by atoms with Gasteiger partial charge in [0.2, 0.25) is 0 Å².